The number of fused-ring (bicyclic) bond motifs is 1. The number of aryl methyl sites for hydroxylation is 2. The molecule has 3 aromatic heterocycles. The summed E-state index contributed by atoms with van der Waals surface area (Å²) in [6.07, 6.45) is 3.70. The first-order chi connectivity index (χ1) is 10.1. The second kappa shape index (κ2) is 5.42. The number of thiophene rings is 1. The maximum atomic E-state index is 12.2. The van der Waals surface area contributed by atoms with Crippen LogP contribution in [-0.4, -0.2) is 26.6 Å². The molecule has 110 valence electrons. The normalized spacial score (nSPS) is 11.4. The van der Waals surface area contributed by atoms with Crippen LogP contribution in [0.5, 0.6) is 0 Å². The van der Waals surface area contributed by atoms with E-state index in [1.165, 1.54) is 0 Å². The van der Waals surface area contributed by atoms with E-state index in [-0.39, 0.29) is 5.56 Å². The molecule has 0 aliphatic carbocycles. The molecule has 0 aromatic carbocycles. The van der Waals surface area contributed by atoms with Crippen molar-refractivity contribution in [1.29, 1.82) is 0 Å². The topological polar surface area (TPSA) is 75.6 Å². The van der Waals surface area contributed by atoms with Gasteiger partial charge in [-0.05, 0) is 26.5 Å². The molecular formula is C14H17N5OS. The summed E-state index contributed by atoms with van der Waals surface area (Å²) in [4.78, 5) is 25.9. The highest BCUT2D eigenvalue weighted by Crippen LogP contribution is 2.25. The molecule has 21 heavy (non-hydrogen) atoms. The van der Waals surface area contributed by atoms with Crippen LogP contribution in [0, 0.1) is 13.8 Å². The average molecular weight is 303 g/mol. The number of aromatic nitrogens is 4. The van der Waals surface area contributed by atoms with E-state index in [0.717, 1.165) is 27.5 Å². The van der Waals surface area contributed by atoms with E-state index in [0.29, 0.717) is 17.8 Å². The molecule has 0 saturated carbocycles. The quantitative estimate of drug-likeness (QED) is 0.767. The summed E-state index contributed by atoms with van der Waals surface area (Å²) in [6.45, 7) is 5.21. The van der Waals surface area contributed by atoms with Gasteiger partial charge in [-0.3, -0.25) is 4.79 Å². The van der Waals surface area contributed by atoms with Crippen molar-refractivity contribution in [2.24, 2.45) is 0 Å². The molecule has 0 aliphatic heterocycles. The first-order valence-corrected chi connectivity index (χ1v) is 7.54. The summed E-state index contributed by atoms with van der Waals surface area (Å²) >= 11 is 1.56. The maximum Gasteiger partial charge on any atom is 0.259 e. The predicted octanol–water partition coefficient (Wildman–Crippen LogP) is 1.57. The maximum absolute atomic E-state index is 12.2. The zero-order chi connectivity index (χ0) is 15.0. The van der Waals surface area contributed by atoms with Gasteiger partial charge in [0.15, 0.2) is 0 Å². The van der Waals surface area contributed by atoms with Gasteiger partial charge in [-0.25, -0.2) is 9.97 Å². The molecule has 0 unspecified atom stereocenters. The van der Waals surface area contributed by atoms with Gasteiger partial charge in [0, 0.05) is 17.6 Å². The van der Waals surface area contributed by atoms with Gasteiger partial charge in [-0.1, -0.05) is 0 Å². The van der Waals surface area contributed by atoms with E-state index in [4.69, 9.17) is 0 Å². The summed E-state index contributed by atoms with van der Waals surface area (Å²) in [5, 5.41) is 3.77. The molecule has 0 fully saturated rings. The van der Waals surface area contributed by atoms with Crippen LogP contribution in [0.3, 0.4) is 0 Å². The standard InChI is InChI=1S/C14H17N5OS/c1-8-9(2)21-14-12(8)13(20)17-11(18-14)6-19-5-10(4-15-3)16-7-19/h5,7,15H,4,6H2,1-3H3,(H,17,18,20). The van der Waals surface area contributed by atoms with Gasteiger partial charge in [0.2, 0.25) is 0 Å². The minimum atomic E-state index is -0.0626. The number of hydrogen-bond donors (Lipinski definition) is 2. The van der Waals surface area contributed by atoms with E-state index in [2.05, 4.69) is 20.3 Å². The number of rotatable bonds is 4. The first-order valence-electron chi connectivity index (χ1n) is 6.72. The van der Waals surface area contributed by atoms with Crippen molar-refractivity contribution in [1.82, 2.24) is 24.8 Å². The van der Waals surface area contributed by atoms with Crippen LogP contribution in [-0.2, 0) is 13.1 Å². The lowest BCUT2D eigenvalue weighted by Crippen LogP contribution is -2.13. The van der Waals surface area contributed by atoms with E-state index in [9.17, 15) is 4.79 Å². The fourth-order valence-electron chi connectivity index (χ4n) is 2.31. The van der Waals surface area contributed by atoms with Gasteiger partial charge in [0.05, 0.1) is 24.0 Å². The van der Waals surface area contributed by atoms with Crippen molar-refractivity contribution in [2.75, 3.05) is 7.05 Å². The highest BCUT2D eigenvalue weighted by Gasteiger charge is 2.12. The second-order valence-electron chi connectivity index (χ2n) is 5.04. The molecule has 0 spiro atoms. The number of imidazole rings is 1. The number of nitrogens with zero attached hydrogens (tertiary/aromatic N) is 3. The van der Waals surface area contributed by atoms with Gasteiger partial charge < -0.3 is 14.9 Å². The molecule has 0 bridgehead atoms. The molecule has 0 atom stereocenters. The van der Waals surface area contributed by atoms with Crippen molar-refractivity contribution in [3.05, 3.63) is 44.8 Å². The molecule has 3 aromatic rings. The smallest absolute Gasteiger partial charge is 0.259 e. The molecule has 0 aliphatic rings. The zero-order valence-electron chi connectivity index (χ0n) is 12.2. The molecule has 3 heterocycles. The number of H-pyrrole nitrogens is 1. The van der Waals surface area contributed by atoms with E-state index >= 15 is 0 Å². The Kier molecular flexibility index (Phi) is 3.60. The Hall–Kier alpha value is -1.99. The minimum absolute atomic E-state index is 0.0626. The lowest BCUT2D eigenvalue weighted by Gasteiger charge is -2.02. The van der Waals surface area contributed by atoms with Crippen molar-refractivity contribution in [3.63, 3.8) is 0 Å². The highest BCUT2D eigenvalue weighted by molar-refractivity contribution is 7.18. The van der Waals surface area contributed by atoms with E-state index < -0.39 is 0 Å². The Morgan fingerprint density at radius 1 is 1.43 bits per heavy atom. The summed E-state index contributed by atoms with van der Waals surface area (Å²) in [5.41, 5.74) is 1.92. The first kappa shape index (κ1) is 14.0. The fraction of sp³-hybridized carbons (Fsp3) is 0.357. The van der Waals surface area contributed by atoms with Crippen molar-refractivity contribution >= 4 is 21.6 Å². The summed E-state index contributed by atoms with van der Waals surface area (Å²) in [6, 6.07) is 0. The molecular weight excluding hydrogens is 286 g/mol. The van der Waals surface area contributed by atoms with Crippen LogP contribution in [0.25, 0.3) is 10.2 Å². The lowest BCUT2D eigenvalue weighted by molar-refractivity contribution is 0.741. The van der Waals surface area contributed by atoms with Crippen LogP contribution in [0.1, 0.15) is 22.0 Å². The Morgan fingerprint density at radius 3 is 3.00 bits per heavy atom. The van der Waals surface area contributed by atoms with E-state index in [1.807, 2.05) is 31.7 Å². The number of hydrogen-bond acceptors (Lipinski definition) is 5. The highest BCUT2D eigenvalue weighted by atomic mass is 32.1. The van der Waals surface area contributed by atoms with Crippen molar-refractivity contribution in [3.8, 4) is 0 Å². The molecule has 2 N–H and O–H groups in total. The van der Waals surface area contributed by atoms with Crippen LogP contribution >= 0.6 is 11.3 Å². The van der Waals surface area contributed by atoms with Gasteiger partial charge in [0.25, 0.3) is 5.56 Å². The average Bonchev–Trinajstić information content (AvgIpc) is 2.96. The third-order valence-corrected chi connectivity index (χ3v) is 4.57. The SMILES string of the molecule is CNCc1cn(Cc2nc3sc(C)c(C)c3c(=O)[nH]2)cn1. The third-order valence-electron chi connectivity index (χ3n) is 3.47. The Bertz CT molecular complexity index is 845. The lowest BCUT2D eigenvalue weighted by atomic mass is 10.2. The third kappa shape index (κ3) is 2.62. The minimum Gasteiger partial charge on any atom is -0.330 e. The monoisotopic (exact) mass is 303 g/mol. The van der Waals surface area contributed by atoms with Gasteiger partial charge >= 0.3 is 0 Å². The Morgan fingerprint density at radius 2 is 2.24 bits per heavy atom. The Balaban J connectivity index is 1.95. The summed E-state index contributed by atoms with van der Waals surface area (Å²) in [7, 11) is 1.88. The molecule has 0 saturated heterocycles. The number of nitrogens with one attached hydrogen (secondary N) is 2. The van der Waals surface area contributed by atoms with Crippen molar-refractivity contribution < 1.29 is 0 Å². The van der Waals surface area contributed by atoms with Crippen LogP contribution < -0.4 is 10.9 Å². The Labute approximate surface area is 125 Å². The van der Waals surface area contributed by atoms with Gasteiger partial charge in [-0.2, -0.15) is 0 Å². The molecule has 6 nitrogen and oxygen atoms in total. The van der Waals surface area contributed by atoms with E-state index in [1.54, 1.807) is 17.7 Å². The fourth-order valence-corrected chi connectivity index (χ4v) is 3.36. The van der Waals surface area contributed by atoms with Crippen LogP contribution in [0.4, 0.5) is 0 Å². The van der Waals surface area contributed by atoms with Gasteiger partial charge in [-0.15, -0.1) is 11.3 Å². The molecule has 0 radical (unpaired) electrons. The van der Waals surface area contributed by atoms with Crippen LogP contribution in [0.2, 0.25) is 0 Å². The summed E-state index contributed by atoms with van der Waals surface area (Å²) in [5.74, 6) is 0.655. The van der Waals surface area contributed by atoms with Crippen molar-refractivity contribution in [2.45, 2.75) is 26.9 Å². The predicted molar refractivity (Wildman–Crippen MR) is 83.8 cm³/mol. The largest absolute Gasteiger partial charge is 0.330 e. The second-order valence-corrected chi connectivity index (χ2v) is 6.25. The molecule has 0 amide bonds. The molecule has 3 rings (SSSR count). The van der Waals surface area contributed by atoms with Gasteiger partial charge in [0.1, 0.15) is 10.7 Å². The van der Waals surface area contributed by atoms with Crippen LogP contribution in [0.15, 0.2) is 17.3 Å². The summed E-state index contributed by atoms with van der Waals surface area (Å²) < 4.78 is 1.92. The number of aromatic amines is 1. The zero-order valence-corrected chi connectivity index (χ0v) is 13.0. The molecule has 7 heteroatoms.